The van der Waals surface area contributed by atoms with Crippen molar-refractivity contribution in [3.63, 3.8) is 0 Å². The van der Waals surface area contributed by atoms with E-state index in [1.54, 1.807) is 6.07 Å². The second kappa shape index (κ2) is 4.66. The molecule has 1 aliphatic rings. The number of fused-ring (bicyclic) bond motifs is 1. The first-order valence-corrected chi connectivity index (χ1v) is 6.53. The quantitative estimate of drug-likeness (QED) is 0.862. The van der Waals surface area contributed by atoms with Crippen molar-refractivity contribution in [2.45, 2.75) is 31.7 Å². The number of hydrogen-bond acceptors (Lipinski definition) is 4. The maximum absolute atomic E-state index is 11.3. The Balaban J connectivity index is 1.86. The molecule has 0 saturated heterocycles. The second-order valence-electron chi connectivity index (χ2n) is 5.17. The molecule has 5 nitrogen and oxygen atoms in total. The van der Waals surface area contributed by atoms with E-state index in [1.165, 1.54) is 0 Å². The van der Waals surface area contributed by atoms with E-state index in [2.05, 4.69) is 4.98 Å². The largest absolute Gasteiger partial charge is 0.417 e. The SMILES string of the molecule is NC(c1ccc2oc(=O)[nH]c2c1)C1CCC(=O)CC1. The van der Waals surface area contributed by atoms with E-state index >= 15 is 0 Å². The summed E-state index contributed by atoms with van der Waals surface area (Å²) >= 11 is 0. The number of carbonyl (C=O) groups excluding carboxylic acids is 1. The monoisotopic (exact) mass is 260 g/mol. The molecule has 0 radical (unpaired) electrons. The molecule has 1 heterocycles. The molecular weight excluding hydrogens is 244 g/mol. The van der Waals surface area contributed by atoms with Gasteiger partial charge in [0.25, 0.3) is 0 Å². The van der Waals surface area contributed by atoms with Crippen molar-refractivity contribution in [1.82, 2.24) is 4.98 Å². The number of nitrogens with two attached hydrogens (primary N) is 1. The molecule has 5 heteroatoms. The lowest BCUT2D eigenvalue weighted by atomic mass is 9.81. The highest BCUT2D eigenvalue weighted by molar-refractivity contribution is 5.79. The molecule has 0 aliphatic heterocycles. The van der Waals surface area contributed by atoms with Gasteiger partial charge in [-0.2, -0.15) is 0 Å². The molecule has 0 bridgehead atoms. The van der Waals surface area contributed by atoms with E-state index in [9.17, 15) is 9.59 Å². The summed E-state index contributed by atoms with van der Waals surface area (Å²) in [5.74, 6) is 0.204. The number of aromatic amines is 1. The van der Waals surface area contributed by atoms with Crippen LogP contribution in [0.5, 0.6) is 0 Å². The predicted octanol–water partition coefficient (Wildman–Crippen LogP) is 1.88. The summed E-state index contributed by atoms with van der Waals surface area (Å²) in [6.07, 6.45) is 2.95. The molecule has 3 N–H and O–H groups in total. The second-order valence-corrected chi connectivity index (χ2v) is 5.17. The third-order valence-electron chi connectivity index (χ3n) is 3.92. The Hall–Kier alpha value is -1.88. The van der Waals surface area contributed by atoms with Gasteiger partial charge in [-0.3, -0.25) is 9.78 Å². The smallest absolute Gasteiger partial charge is 0.408 e. The highest BCUT2D eigenvalue weighted by Gasteiger charge is 2.25. The average molecular weight is 260 g/mol. The predicted molar refractivity (Wildman–Crippen MR) is 70.7 cm³/mol. The zero-order valence-electron chi connectivity index (χ0n) is 10.5. The first-order chi connectivity index (χ1) is 9.13. The maximum Gasteiger partial charge on any atom is 0.417 e. The van der Waals surface area contributed by atoms with E-state index in [0.717, 1.165) is 18.4 Å². The number of Topliss-reactive ketones (excluding diaryl/α,β-unsaturated/α-hetero) is 1. The zero-order chi connectivity index (χ0) is 13.4. The molecular formula is C14H16N2O3. The van der Waals surface area contributed by atoms with Crippen LogP contribution < -0.4 is 11.5 Å². The summed E-state index contributed by atoms with van der Waals surface area (Å²) in [5.41, 5.74) is 8.47. The molecule has 1 atom stereocenters. The van der Waals surface area contributed by atoms with Crippen molar-refractivity contribution < 1.29 is 9.21 Å². The Morgan fingerprint density at radius 2 is 2.00 bits per heavy atom. The molecule has 1 saturated carbocycles. The van der Waals surface area contributed by atoms with E-state index in [1.807, 2.05) is 12.1 Å². The topological polar surface area (TPSA) is 89.1 Å². The van der Waals surface area contributed by atoms with Crippen molar-refractivity contribution in [2.75, 3.05) is 0 Å². The lowest BCUT2D eigenvalue weighted by molar-refractivity contribution is -0.121. The van der Waals surface area contributed by atoms with Gasteiger partial charge in [0.1, 0.15) is 5.78 Å². The van der Waals surface area contributed by atoms with Crippen molar-refractivity contribution in [1.29, 1.82) is 0 Å². The molecule has 0 amide bonds. The van der Waals surface area contributed by atoms with Crippen LogP contribution in [-0.2, 0) is 4.79 Å². The standard InChI is InChI=1S/C14H16N2O3/c15-13(8-1-4-10(17)5-2-8)9-3-6-12-11(7-9)16-14(18)19-12/h3,6-8,13H,1-2,4-5,15H2,(H,16,18). The summed E-state index contributed by atoms with van der Waals surface area (Å²) in [7, 11) is 0. The van der Waals surface area contributed by atoms with Crippen LogP contribution in [0.1, 0.15) is 37.3 Å². The van der Waals surface area contributed by atoms with Crippen LogP contribution in [0.3, 0.4) is 0 Å². The fraction of sp³-hybridized carbons (Fsp3) is 0.429. The van der Waals surface area contributed by atoms with Gasteiger partial charge in [0.2, 0.25) is 0 Å². The third-order valence-corrected chi connectivity index (χ3v) is 3.92. The molecule has 2 aromatic rings. The first-order valence-electron chi connectivity index (χ1n) is 6.53. The van der Waals surface area contributed by atoms with Crippen LogP contribution in [0.2, 0.25) is 0 Å². The summed E-state index contributed by atoms with van der Waals surface area (Å²) in [6, 6.07) is 5.41. The van der Waals surface area contributed by atoms with Crippen LogP contribution in [0, 0.1) is 5.92 Å². The maximum atomic E-state index is 11.3. The van der Waals surface area contributed by atoms with Gasteiger partial charge >= 0.3 is 5.76 Å². The molecule has 1 fully saturated rings. The van der Waals surface area contributed by atoms with Crippen LogP contribution >= 0.6 is 0 Å². The minimum Gasteiger partial charge on any atom is -0.408 e. The number of ketones is 1. The van der Waals surface area contributed by atoms with Gasteiger partial charge in [-0.15, -0.1) is 0 Å². The summed E-state index contributed by atoms with van der Waals surface area (Å²) in [4.78, 5) is 25.0. The minimum absolute atomic E-state index is 0.101. The highest BCUT2D eigenvalue weighted by Crippen LogP contribution is 2.32. The van der Waals surface area contributed by atoms with Gasteiger partial charge in [0.05, 0.1) is 5.52 Å². The molecule has 3 rings (SSSR count). The number of carbonyl (C=O) groups is 1. The highest BCUT2D eigenvalue weighted by atomic mass is 16.4. The number of oxazole rings is 1. The van der Waals surface area contributed by atoms with Gasteiger partial charge in [-0.25, -0.2) is 4.79 Å². The van der Waals surface area contributed by atoms with Crippen molar-refractivity contribution >= 4 is 16.9 Å². The van der Waals surface area contributed by atoms with Crippen LogP contribution in [-0.4, -0.2) is 10.8 Å². The van der Waals surface area contributed by atoms with E-state index in [4.69, 9.17) is 10.2 Å². The molecule has 1 aromatic heterocycles. The normalized spacial score (nSPS) is 18.9. The average Bonchev–Trinajstić information content (AvgIpc) is 2.77. The van der Waals surface area contributed by atoms with Gasteiger partial charge in [-0.05, 0) is 36.5 Å². The van der Waals surface area contributed by atoms with Crippen molar-refractivity contribution in [2.24, 2.45) is 11.7 Å². The number of rotatable bonds is 2. The Labute approximate surface area is 109 Å². The van der Waals surface area contributed by atoms with Crippen molar-refractivity contribution in [3.05, 3.63) is 34.3 Å². The first kappa shape index (κ1) is 12.2. The number of H-pyrrole nitrogens is 1. The molecule has 1 aliphatic carbocycles. The number of aromatic nitrogens is 1. The number of benzene rings is 1. The fourth-order valence-corrected chi connectivity index (χ4v) is 2.77. The lowest BCUT2D eigenvalue weighted by Crippen LogP contribution is -2.26. The van der Waals surface area contributed by atoms with Crippen molar-refractivity contribution in [3.8, 4) is 0 Å². The number of hydrogen-bond donors (Lipinski definition) is 2. The minimum atomic E-state index is -0.455. The zero-order valence-corrected chi connectivity index (χ0v) is 10.5. The summed E-state index contributed by atoms with van der Waals surface area (Å²) in [5, 5.41) is 0. The molecule has 1 unspecified atom stereocenters. The Morgan fingerprint density at radius 3 is 2.74 bits per heavy atom. The summed E-state index contributed by atoms with van der Waals surface area (Å²) < 4.78 is 4.97. The molecule has 19 heavy (non-hydrogen) atoms. The van der Waals surface area contributed by atoms with E-state index in [0.29, 0.717) is 35.6 Å². The van der Waals surface area contributed by atoms with Crippen LogP contribution in [0.25, 0.3) is 11.1 Å². The molecule has 0 spiro atoms. The fourth-order valence-electron chi connectivity index (χ4n) is 2.77. The Morgan fingerprint density at radius 1 is 1.26 bits per heavy atom. The van der Waals surface area contributed by atoms with Gasteiger partial charge < -0.3 is 10.2 Å². The third kappa shape index (κ3) is 2.33. The Bertz CT molecular complexity index is 661. The van der Waals surface area contributed by atoms with Crippen LogP contribution in [0.4, 0.5) is 0 Å². The summed E-state index contributed by atoms with van der Waals surface area (Å²) in [6.45, 7) is 0. The van der Waals surface area contributed by atoms with E-state index in [-0.39, 0.29) is 6.04 Å². The number of nitrogens with one attached hydrogen (secondary N) is 1. The van der Waals surface area contributed by atoms with Crippen LogP contribution in [0.15, 0.2) is 27.4 Å². The molecule has 1 aromatic carbocycles. The van der Waals surface area contributed by atoms with E-state index < -0.39 is 5.76 Å². The van der Waals surface area contributed by atoms with Gasteiger partial charge in [0, 0.05) is 18.9 Å². The Kier molecular flexibility index (Phi) is 2.98. The van der Waals surface area contributed by atoms with Gasteiger partial charge in [-0.1, -0.05) is 6.07 Å². The van der Waals surface area contributed by atoms with Gasteiger partial charge in [0.15, 0.2) is 5.58 Å². The molecule has 100 valence electrons. The lowest BCUT2D eigenvalue weighted by Gasteiger charge is -2.27.